The van der Waals surface area contributed by atoms with Crippen LogP contribution in [0, 0.1) is 0 Å². The SMILES string of the molecule is CCOC(=O)CC(=S)CCCCC1=CCCC1=O. The number of ether oxygens (including phenoxy) is 1. The smallest absolute Gasteiger partial charge is 0.310 e. The second kappa shape index (κ2) is 8.14. The van der Waals surface area contributed by atoms with Crippen molar-refractivity contribution in [2.75, 3.05) is 6.61 Å². The molecule has 4 heteroatoms. The molecule has 0 atom stereocenters. The van der Waals surface area contributed by atoms with E-state index < -0.39 is 0 Å². The number of esters is 1. The van der Waals surface area contributed by atoms with Gasteiger partial charge in [0.2, 0.25) is 0 Å². The van der Waals surface area contributed by atoms with Crippen molar-refractivity contribution < 1.29 is 14.3 Å². The van der Waals surface area contributed by atoms with Crippen molar-refractivity contribution in [3.8, 4) is 0 Å². The van der Waals surface area contributed by atoms with Crippen molar-refractivity contribution in [3.63, 3.8) is 0 Å². The molecule has 0 spiro atoms. The maximum atomic E-state index is 11.4. The lowest BCUT2D eigenvalue weighted by molar-refractivity contribution is -0.141. The Balaban J connectivity index is 2.09. The van der Waals surface area contributed by atoms with Crippen molar-refractivity contribution in [2.24, 2.45) is 0 Å². The molecule has 100 valence electrons. The summed E-state index contributed by atoms with van der Waals surface area (Å²) >= 11 is 5.13. The van der Waals surface area contributed by atoms with Gasteiger partial charge in [-0.25, -0.2) is 0 Å². The standard InChI is InChI=1S/C14H20O3S/c1-2-17-14(16)10-12(18)8-4-3-6-11-7-5-9-13(11)15/h7H,2-6,8-10H2,1H3. The second-order valence-corrected chi connectivity index (χ2v) is 5.00. The van der Waals surface area contributed by atoms with Crippen LogP contribution < -0.4 is 0 Å². The molecule has 0 fully saturated rings. The van der Waals surface area contributed by atoms with Gasteiger partial charge in [0.15, 0.2) is 5.78 Å². The summed E-state index contributed by atoms with van der Waals surface area (Å²) < 4.78 is 4.83. The van der Waals surface area contributed by atoms with Gasteiger partial charge in [0.05, 0.1) is 13.0 Å². The number of Topliss-reactive ketones (excluding diaryl/α,β-unsaturated/α-hetero) is 1. The van der Waals surface area contributed by atoms with Crippen molar-refractivity contribution in [1.82, 2.24) is 0 Å². The fourth-order valence-corrected chi connectivity index (χ4v) is 2.25. The van der Waals surface area contributed by atoms with Gasteiger partial charge in [-0.3, -0.25) is 9.59 Å². The molecule has 0 saturated heterocycles. The Bertz CT molecular complexity index is 358. The highest BCUT2D eigenvalue weighted by molar-refractivity contribution is 7.80. The number of carbonyl (C=O) groups excluding carboxylic acids is 2. The molecule has 0 radical (unpaired) electrons. The van der Waals surface area contributed by atoms with Gasteiger partial charge < -0.3 is 4.74 Å². The number of ketones is 1. The Labute approximate surface area is 114 Å². The van der Waals surface area contributed by atoms with Crippen molar-refractivity contribution in [3.05, 3.63) is 11.6 Å². The maximum absolute atomic E-state index is 11.4. The summed E-state index contributed by atoms with van der Waals surface area (Å²) in [7, 11) is 0. The van der Waals surface area contributed by atoms with Crippen LogP contribution in [0.25, 0.3) is 0 Å². The molecule has 0 unspecified atom stereocenters. The minimum absolute atomic E-state index is 0.240. The largest absolute Gasteiger partial charge is 0.466 e. The van der Waals surface area contributed by atoms with Crippen LogP contribution in [0.1, 0.15) is 51.9 Å². The molecule has 0 aliphatic heterocycles. The number of rotatable bonds is 8. The van der Waals surface area contributed by atoms with Crippen molar-refractivity contribution in [1.29, 1.82) is 0 Å². The Morgan fingerprint density at radius 3 is 2.83 bits per heavy atom. The van der Waals surface area contributed by atoms with Crippen molar-refractivity contribution in [2.45, 2.75) is 51.9 Å². The van der Waals surface area contributed by atoms with Crippen LogP contribution in [0.4, 0.5) is 0 Å². The Morgan fingerprint density at radius 2 is 2.22 bits per heavy atom. The number of hydrogen-bond donors (Lipinski definition) is 0. The summed E-state index contributed by atoms with van der Waals surface area (Å²) in [6, 6.07) is 0. The lowest BCUT2D eigenvalue weighted by atomic mass is 10.0. The zero-order valence-corrected chi connectivity index (χ0v) is 11.7. The lowest BCUT2D eigenvalue weighted by Crippen LogP contribution is -2.09. The van der Waals surface area contributed by atoms with Gasteiger partial charge in [0.25, 0.3) is 0 Å². The first kappa shape index (κ1) is 15.0. The molecule has 3 nitrogen and oxygen atoms in total. The Kier molecular flexibility index (Phi) is 6.80. The first-order valence-electron chi connectivity index (χ1n) is 6.53. The number of hydrogen-bond acceptors (Lipinski definition) is 4. The number of unbranched alkanes of at least 4 members (excludes halogenated alkanes) is 1. The molecule has 0 saturated carbocycles. The van der Waals surface area contributed by atoms with Crippen molar-refractivity contribution >= 4 is 28.8 Å². The molecule has 1 aliphatic rings. The van der Waals surface area contributed by atoms with Gasteiger partial charge in [-0.15, -0.1) is 0 Å². The molecule has 0 N–H and O–H groups in total. The van der Waals surface area contributed by atoms with Crippen LogP contribution in [-0.2, 0) is 14.3 Å². The van der Waals surface area contributed by atoms with Gasteiger partial charge in [0, 0.05) is 11.3 Å². The van der Waals surface area contributed by atoms with Crippen LogP contribution >= 0.6 is 12.2 Å². The van der Waals surface area contributed by atoms with Gasteiger partial charge in [0.1, 0.15) is 0 Å². The molecule has 0 amide bonds. The quantitative estimate of drug-likeness (QED) is 0.385. The van der Waals surface area contributed by atoms with E-state index in [2.05, 4.69) is 0 Å². The second-order valence-electron chi connectivity index (χ2n) is 4.42. The first-order valence-corrected chi connectivity index (χ1v) is 6.94. The van der Waals surface area contributed by atoms with Crippen LogP contribution in [0.3, 0.4) is 0 Å². The van der Waals surface area contributed by atoms with Gasteiger partial charge in [-0.05, 0) is 44.6 Å². The average molecular weight is 268 g/mol. The first-order chi connectivity index (χ1) is 8.63. The third-order valence-electron chi connectivity index (χ3n) is 2.92. The summed E-state index contributed by atoms with van der Waals surface area (Å²) in [5, 5.41) is 0. The summed E-state index contributed by atoms with van der Waals surface area (Å²) in [6.45, 7) is 2.19. The van der Waals surface area contributed by atoms with Gasteiger partial charge in [-0.2, -0.15) is 0 Å². The number of thiocarbonyl (C=S) groups is 1. The van der Waals surface area contributed by atoms with Crippen LogP contribution in [-0.4, -0.2) is 23.2 Å². The molecule has 1 aliphatic carbocycles. The fraction of sp³-hybridized carbons (Fsp3) is 0.643. The van der Waals surface area contributed by atoms with E-state index >= 15 is 0 Å². The molecule has 1 rings (SSSR count). The van der Waals surface area contributed by atoms with Gasteiger partial charge >= 0.3 is 5.97 Å². The molecule has 0 aromatic carbocycles. The van der Waals surface area contributed by atoms with E-state index in [1.807, 2.05) is 6.08 Å². The minimum Gasteiger partial charge on any atom is -0.466 e. The highest BCUT2D eigenvalue weighted by atomic mass is 32.1. The fourth-order valence-electron chi connectivity index (χ4n) is 1.99. The summed E-state index contributed by atoms with van der Waals surface area (Å²) in [6.07, 6.45) is 7.36. The van der Waals surface area contributed by atoms with Crippen LogP contribution in [0.15, 0.2) is 11.6 Å². The van der Waals surface area contributed by atoms with E-state index in [1.165, 1.54) is 0 Å². The zero-order valence-electron chi connectivity index (χ0n) is 10.9. The third-order valence-corrected chi connectivity index (χ3v) is 3.27. The Hall–Kier alpha value is -1.03. The average Bonchev–Trinajstić information content (AvgIpc) is 2.71. The number of carbonyl (C=O) groups is 2. The van der Waals surface area contributed by atoms with E-state index in [4.69, 9.17) is 17.0 Å². The third kappa shape index (κ3) is 5.54. The van der Waals surface area contributed by atoms with E-state index in [9.17, 15) is 9.59 Å². The van der Waals surface area contributed by atoms with E-state index in [0.29, 0.717) is 18.8 Å². The topological polar surface area (TPSA) is 43.4 Å². The molecule has 0 bridgehead atoms. The monoisotopic (exact) mass is 268 g/mol. The predicted octanol–water partition coefficient (Wildman–Crippen LogP) is 3.16. The molecule has 0 heterocycles. The molecule has 0 aromatic rings. The molecule has 18 heavy (non-hydrogen) atoms. The highest BCUT2D eigenvalue weighted by Crippen LogP contribution is 2.19. The van der Waals surface area contributed by atoms with Crippen LogP contribution in [0.5, 0.6) is 0 Å². The molecular weight excluding hydrogens is 248 g/mol. The summed E-state index contributed by atoms with van der Waals surface area (Å²) in [5.41, 5.74) is 0.978. The zero-order chi connectivity index (χ0) is 13.4. The van der Waals surface area contributed by atoms with E-state index in [-0.39, 0.29) is 12.4 Å². The number of allylic oxidation sites excluding steroid dienone is 2. The van der Waals surface area contributed by atoms with E-state index in [0.717, 1.165) is 42.5 Å². The highest BCUT2D eigenvalue weighted by Gasteiger charge is 2.14. The normalized spacial score (nSPS) is 14.5. The summed E-state index contributed by atoms with van der Waals surface area (Å²) in [5.74, 6) is 0.0558. The molecular formula is C14H20O3S. The van der Waals surface area contributed by atoms with E-state index in [1.54, 1.807) is 6.92 Å². The minimum atomic E-state index is -0.240. The van der Waals surface area contributed by atoms with Gasteiger partial charge in [-0.1, -0.05) is 18.3 Å². The Morgan fingerprint density at radius 1 is 1.44 bits per heavy atom. The predicted molar refractivity (Wildman–Crippen MR) is 74.6 cm³/mol. The summed E-state index contributed by atoms with van der Waals surface area (Å²) in [4.78, 5) is 23.3. The lowest BCUT2D eigenvalue weighted by Gasteiger charge is -2.04. The van der Waals surface area contributed by atoms with Crippen LogP contribution in [0.2, 0.25) is 0 Å². The maximum Gasteiger partial charge on any atom is 0.310 e. The molecule has 0 aromatic heterocycles.